The van der Waals surface area contributed by atoms with Gasteiger partial charge >= 0.3 is 5.69 Å². The average molecular weight is 405 g/mol. The van der Waals surface area contributed by atoms with Crippen molar-refractivity contribution < 1.29 is 4.74 Å². The van der Waals surface area contributed by atoms with Gasteiger partial charge < -0.3 is 4.74 Å². The molecule has 0 saturated carbocycles. The zero-order chi connectivity index (χ0) is 20.9. The third-order valence-corrected chi connectivity index (χ3v) is 5.75. The highest BCUT2D eigenvalue weighted by Crippen LogP contribution is 2.22. The monoisotopic (exact) mass is 405 g/mol. The molecule has 1 aromatic heterocycles. The van der Waals surface area contributed by atoms with Crippen molar-refractivity contribution in [3.63, 3.8) is 0 Å². The Hall–Kier alpha value is -3.12. The predicted molar refractivity (Wildman–Crippen MR) is 120 cm³/mol. The van der Waals surface area contributed by atoms with Crippen molar-refractivity contribution >= 4 is 16.5 Å². The third-order valence-electron chi connectivity index (χ3n) is 5.75. The summed E-state index contributed by atoms with van der Waals surface area (Å²) in [4.78, 5) is 29.4. The number of unbranched alkanes of at least 4 members (excludes halogenated alkanes) is 1. The van der Waals surface area contributed by atoms with E-state index >= 15 is 0 Å². The Bertz CT molecular complexity index is 1160. The van der Waals surface area contributed by atoms with Crippen molar-refractivity contribution in [3.05, 3.63) is 81.0 Å². The maximum atomic E-state index is 12.3. The van der Waals surface area contributed by atoms with Gasteiger partial charge in [-0.3, -0.25) is 19.2 Å². The van der Waals surface area contributed by atoms with E-state index in [-0.39, 0.29) is 11.2 Å². The van der Waals surface area contributed by atoms with Gasteiger partial charge in [-0.25, -0.2) is 4.79 Å². The molecule has 0 amide bonds. The van der Waals surface area contributed by atoms with E-state index < -0.39 is 0 Å². The molecule has 0 aliphatic carbocycles. The van der Waals surface area contributed by atoms with Crippen LogP contribution >= 0.6 is 0 Å². The fourth-order valence-corrected chi connectivity index (χ4v) is 4.06. The highest BCUT2D eigenvalue weighted by molar-refractivity contribution is 5.79. The number of hydrogen-bond donors (Lipinski definition) is 1. The van der Waals surface area contributed by atoms with Crippen LogP contribution in [-0.4, -0.2) is 41.2 Å². The molecule has 4 rings (SSSR count). The lowest BCUT2D eigenvalue weighted by Crippen LogP contribution is -2.31. The molecule has 0 atom stereocenters. The Labute approximate surface area is 175 Å². The molecular formula is C24H27N3O3. The largest absolute Gasteiger partial charge is 0.497 e. The summed E-state index contributed by atoms with van der Waals surface area (Å²) in [7, 11) is 1.56. The number of rotatable bonds is 7. The first-order valence-electron chi connectivity index (χ1n) is 10.4. The van der Waals surface area contributed by atoms with Gasteiger partial charge in [0.05, 0.1) is 18.0 Å². The van der Waals surface area contributed by atoms with Crippen molar-refractivity contribution in [3.8, 4) is 5.75 Å². The number of methoxy groups -OCH3 is 1. The smallest absolute Gasteiger partial charge is 0.328 e. The zero-order valence-corrected chi connectivity index (χ0v) is 17.3. The quantitative estimate of drug-likeness (QED) is 0.613. The van der Waals surface area contributed by atoms with Crippen LogP contribution in [0.15, 0.2) is 64.2 Å². The second-order valence-electron chi connectivity index (χ2n) is 7.65. The first-order chi connectivity index (χ1) is 14.7. The first kappa shape index (κ1) is 20.2. The van der Waals surface area contributed by atoms with E-state index in [9.17, 15) is 9.59 Å². The summed E-state index contributed by atoms with van der Waals surface area (Å²) in [6.45, 7) is 3.60. The normalized spacial score (nSPS) is 14.6. The molecular weight excluding hydrogens is 378 g/mol. The lowest BCUT2D eigenvalue weighted by atomic mass is 9.99. The summed E-state index contributed by atoms with van der Waals surface area (Å²) in [5, 5.41) is 0.476. The Morgan fingerprint density at radius 3 is 2.57 bits per heavy atom. The molecule has 1 aliphatic rings. The number of nitrogens with one attached hydrogen (secondary N) is 1. The summed E-state index contributed by atoms with van der Waals surface area (Å²) in [5.74, 6) is 0.603. The van der Waals surface area contributed by atoms with E-state index in [1.807, 2.05) is 6.07 Å². The van der Waals surface area contributed by atoms with Crippen molar-refractivity contribution in [2.24, 2.45) is 0 Å². The predicted octanol–water partition coefficient (Wildman–Crippen LogP) is 3.27. The van der Waals surface area contributed by atoms with Gasteiger partial charge in [-0.2, -0.15) is 0 Å². The van der Waals surface area contributed by atoms with Crippen LogP contribution in [0.1, 0.15) is 24.8 Å². The zero-order valence-electron chi connectivity index (χ0n) is 17.3. The molecule has 6 heteroatoms. The molecule has 2 aromatic carbocycles. The van der Waals surface area contributed by atoms with Crippen LogP contribution in [-0.2, 0) is 6.54 Å². The van der Waals surface area contributed by atoms with Crippen LogP contribution in [0.5, 0.6) is 5.75 Å². The van der Waals surface area contributed by atoms with E-state index in [2.05, 4.69) is 40.2 Å². The SMILES string of the molecule is COc1ccc2c(c1)c(=O)[nH]c(=O)n2CCCCN1CC=C(c2ccccc2)CC1. The van der Waals surface area contributed by atoms with E-state index in [1.165, 1.54) is 11.1 Å². The highest BCUT2D eigenvalue weighted by Gasteiger charge is 2.13. The number of benzene rings is 2. The number of fused-ring (bicyclic) bond motifs is 1. The van der Waals surface area contributed by atoms with Gasteiger partial charge in [0.2, 0.25) is 0 Å². The van der Waals surface area contributed by atoms with Crippen molar-refractivity contribution in [2.75, 3.05) is 26.7 Å². The lowest BCUT2D eigenvalue weighted by molar-refractivity contribution is 0.292. The number of nitrogens with zero attached hydrogens (tertiary/aromatic N) is 2. The van der Waals surface area contributed by atoms with E-state index in [1.54, 1.807) is 29.9 Å². The summed E-state index contributed by atoms with van der Waals surface area (Å²) < 4.78 is 6.85. The van der Waals surface area contributed by atoms with Gasteiger partial charge in [-0.05, 0) is 55.1 Å². The Kier molecular flexibility index (Phi) is 6.14. The molecule has 6 nitrogen and oxygen atoms in total. The van der Waals surface area contributed by atoms with Gasteiger partial charge in [0.15, 0.2) is 0 Å². The second-order valence-corrected chi connectivity index (χ2v) is 7.65. The van der Waals surface area contributed by atoms with Crippen LogP contribution in [0.4, 0.5) is 0 Å². The Balaban J connectivity index is 1.35. The minimum Gasteiger partial charge on any atom is -0.497 e. The number of aromatic nitrogens is 2. The number of H-pyrrole nitrogens is 1. The standard InChI is InChI=1S/C24H27N3O3/c1-30-20-9-10-22-21(17-20)23(28)25-24(29)27(22)14-6-5-13-26-15-11-19(12-16-26)18-7-3-2-4-8-18/h2-4,7-11,17H,5-6,12-16H2,1H3,(H,25,28,29). The van der Waals surface area contributed by atoms with Crippen LogP contribution in [0, 0.1) is 0 Å². The molecule has 1 aliphatic heterocycles. The highest BCUT2D eigenvalue weighted by atomic mass is 16.5. The summed E-state index contributed by atoms with van der Waals surface area (Å²) in [6, 6.07) is 15.8. The van der Waals surface area contributed by atoms with E-state index in [0.717, 1.165) is 38.9 Å². The second kappa shape index (κ2) is 9.13. The lowest BCUT2D eigenvalue weighted by Gasteiger charge is -2.26. The summed E-state index contributed by atoms with van der Waals surface area (Å²) >= 11 is 0. The Morgan fingerprint density at radius 1 is 1.03 bits per heavy atom. The summed E-state index contributed by atoms with van der Waals surface area (Å²) in [5.41, 5.74) is 2.66. The van der Waals surface area contributed by atoms with Crippen molar-refractivity contribution in [1.29, 1.82) is 0 Å². The number of ether oxygens (including phenoxy) is 1. The Morgan fingerprint density at radius 2 is 1.83 bits per heavy atom. The van der Waals surface area contributed by atoms with Crippen LogP contribution in [0.25, 0.3) is 16.5 Å². The number of aryl methyl sites for hydroxylation is 1. The molecule has 0 radical (unpaired) electrons. The van der Waals surface area contributed by atoms with Gasteiger partial charge in [0.25, 0.3) is 5.56 Å². The molecule has 0 bridgehead atoms. The van der Waals surface area contributed by atoms with E-state index in [4.69, 9.17) is 4.74 Å². The minimum absolute atomic E-state index is 0.355. The third kappa shape index (κ3) is 4.39. The average Bonchev–Trinajstić information content (AvgIpc) is 2.79. The van der Waals surface area contributed by atoms with Gasteiger partial charge in [0.1, 0.15) is 5.75 Å². The summed E-state index contributed by atoms with van der Waals surface area (Å²) in [6.07, 6.45) is 5.26. The fourth-order valence-electron chi connectivity index (χ4n) is 4.06. The first-order valence-corrected chi connectivity index (χ1v) is 10.4. The van der Waals surface area contributed by atoms with Crippen molar-refractivity contribution in [1.82, 2.24) is 14.5 Å². The molecule has 0 fully saturated rings. The number of aromatic amines is 1. The fraction of sp³-hybridized carbons (Fsp3) is 0.333. The molecule has 0 unspecified atom stereocenters. The van der Waals surface area contributed by atoms with Gasteiger partial charge in [-0.1, -0.05) is 36.4 Å². The van der Waals surface area contributed by atoms with E-state index in [0.29, 0.717) is 23.2 Å². The number of hydrogen-bond acceptors (Lipinski definition) is 4. The topological polar surface area (TPSA) is 67.3 Å². The molecule has 0 spiro atoms. The molecule has 3 aromatic rings. The molecule has 0 saturated heterocycles. The van der Waals surface area contributed by atoms with Gasteiger partial charge in [-0.15, -0.1) is 0 Å². The minimum atomic E-state index is -0.375. The molecule has 156 valence electrons. The maximum absolute atomic E-state index is 12.3. The van der Waals surface area contributed by atoms with Crippen LogP contribution < -0.4 is 16.0 Å². The molecule has 2 heterocycles. The van der Waals surface area contributed by atoms with Crippen molar-refractivity contribution in [2.45, 2.75) is 25.8 Å². The molecule has 30 heavy (non-hydrogen) atoms. The maximum Gasteiger partial charge on any atom is 0.328 e. The van der Waals surface area contributed by atoms with Crippen LogP contribution in [0.3, 0.4) is 0 Å². The van der Waals surface area contributed by atoms with Crippen LogP contribution in [0.2, 0.25) is 0 Å². The van der Waals surface area contributed by atoms with Gasteiger partial charge in [0, 0.05) is 19.6 Å². The molecule has 1 N–H and O–H groups in total.